The Morgan fingerprint density at radius 1 is 1.12 bits per heavy atom. The van der Waals surface area contributed by atoms with Crippen molar-refractivity contribution in [2.45, 2.75) is 18.1 Å². The predicted molar refractivity (Wildman–Crippen MR) is 112 cm³/mol. The SMILES string of the molecule is CCS(=O)(=O)c1nn2c(NS(C)(=O)=O)ccnc2c1-c1nc2cc(C(F)(F)F)cnc2n1C. The number of alkyl halides is 3. The maximum absolute atomic E-state index is 13.1. The second-order valence-corrected chi connectivity index (χ2v) is 11.0. The van der Waals surface area contributed by atoms with Gasteiger partial charge in [-0.2, -0.15) is 22.8 Å². The summed E-state index contributed by atoms with van der Waals surface area (Å²) in [6, 6.07) is 2.08. The minimum atomic E-state index is -4.65. The molecule has 4 heterocycles. The molecule has 4 aromatic rings. The largest absolute Gasteiger partial charge is 0.417 e. The van der Waals surface area contributed by atoms with Crippen molar-refractivity contribution in [2.75, 3.05) is 16.7 Å². The molecule has 0 spiro atoms. The first-order chi connectivity index (χ1) is 15.2. The van der Waals surface area contributed by atoms with E-state index in [9.17, 15) is 30.0 Å². The van der Waals surface area contributed by atoms with E-state index >= 15 is 0 Å². The molecule has 0 atom stereocenters. The third-order valence-electron chi connectivity index (χ3n) is 4.71. The highest BCUT2D eigenvalue weighted by atomic mass is 32.2. The Morgan fingerprint density at radius 3 is 2.42 bits per heavy atom. The lowest BCUT2D eigenvalue weighted by atomic mass is 10.2. The third kappa shape index (κ3) is 3.99. The van der Waals surface area contributed by atoms with Gasteiger partial charge in [0.15, 0.2) is 26.2 Å². The quantitative estimate of drug-likeness (QED) is 0.435. The second kappa shape index (κ2) is 7.38. The molecule has 0 saturated heterocycles. The number of hydrogen-bond acceptors (Lipinski definition) is 8. The Labute approximate surface area is 185 Å². The fourth-order valence-corrected chi connectivity index (χ4v) is 4.71. The van der Waals surface area contributed by atoms with Crippen LogP contribution in [0.25, 0.3) is 28.2 Å². The maximum Gasteiger partial charge on any atom is 0.417 e. The number of aryl methyl sites for hydroxylation is 1. The number of anilines is 1. The lowest BCUT2D eigenvalue weighted by Gasteiger charge is -2.06. The molecule has 4 aromatic heterocycles. The number of rotatable bonds is 5. The van der Waals surface area contributed by atoms with E-state index in [4.69, 9.17) is 0 Å². The summed E-state index contributed by atoms with van der Waals surface area (Å²) in [5.41, 5.74) is -1.22. The van der Waals surface area contributed by atoms with E-state index in [1.54, 1.807) is 0 Å². The lowest BCUT2D eigenvalue weighted by molar-refractivity contribution is -0.137. The summed E-state index contributed by atoms with van der Waals surface area (Å²) in [5.74, 6) is -0.487. The number of sulfonamides is 1. The zero-order valence-corrected chi connectivity index (χ0v) is 18.9. The van der Waals surface area contributed by atoms with Gasteiger partial charge in [-0.25, -0.2) is 31.8 Å². The Kier molecular flexibility index (Phi) is 5.12. The molecule has 0 radical (unpaired) electrons. The minimum absolute atomic E-state index is 0.0529. The molecule has 11 nitrogen and oxygen atoms in total. The van der Waals surface area contributed by atoms with Crippen LogP contribution in [0.3, 0.4) is 0 Å². The van der Waals surface area contributed by atoms with Crippen LogP contribution < -0.4 is 4.72 Å². The van der Waals surface area contributed by atoms with Crippen LogP contribution in [0.2, 0.25) is 0 Å². The van der Waals surface area contributed by atoms with Gasteiger partial charge in [-0.3, -0.25) is 4.72 Å². The fourth-order valence-electron chi connectivity index (χ4n) is 3.20. The van der Waals surface area contributed by atoms with Crippen molar-refractivity contribution in [1.82, 2.24) is 29.1 Å². The third-order valence-corrected chi connectivity index (χ3v) is 6.93. The first kappa shape index (κ1) is 22.9. The zero-order chi connectivity index (χ0) is 24.3. The highest BCUT2D eigenvalue weighted by molar-refractivity contribution is 7.92. The Balaban J connectivity index is 2.08. The number of nitrogens with zero attached hydrogens (tertiary/aromatic N) is 6. The predicted octanol–water partition coefficient (Wildman–Crippen LogP) is 1.86. The van der Waals surface area contributed by atoms with Crippen LogP contribution in [0, 0.1) is 0 Å². The number of imidazole rings is 1. The minimum Gasteiger partial charge on any atom is -0.312 e. The summed E-state index contributed by atoms with van der Waals surface area (Å²) in [6.07, 6.45) is -1.85. The highest BCUT2D eigenvalue weighted by Gasteiger charge is 2.33. The van der Waals surface area contributed by atoms with Crippen LogP contribution in [0.15, 0.2) is 29.6 Å². The summed E-state index contributed by atoms with van der Waals surface area (Å²) in [6.45, 7) is 1.39. The van der Waals surface area contributed by atoms with E-state index < -0.39 is 36.6 Å². The lowest BCUT2D eigenvalue weighted by Crippen LogP contribution is -2.13. The van der Waals surface area contributed by atoms with Gasteiger partial charge in [0, 0.05) is 19.4 Å². The summed E-state index contributed by atoms with van der Waals surface area (Å²) < 4.78 is 93.0. The van der Waals surface area contributed by atoms with Gasteiger partial charge in [0.2, 0.25) is 10.0 Å². The van der Waals surface area contributed by atoms with Crippen LogP contribution in [0.5, 0.6) is 0 Å². The van der Waals surface area contributed by atoms with Gasteiger partial charge in [-0.1, -0.05) is 6.92 Å². The zero-order valence-electron chi connectivity index (χ0n) is 17.3. The van der Waals surface area contributed by atoms with Crippen LogP contribution >= 0.6 is 0 Å². The first-order valence-corrected chi connectivity index (χ1v) is 12.8. The van der Waals surface area contributed by atoms with Crippen molar-refractivity contribution in [3.05, 3.63) is 30.1 Å². The normalized spacial score (nSPS) is 13.2. The molecule has 0 aliphatic heterocycles. The van der Waals surface area contributed by atoms with Crippen molar-refractivity contribution in [2.24, 2.45) is 7.05 Å². The average Bonchev–Trinajstić information content (AvgIpc) is 3.25. The van der Waals surface area contributed by atoms with Crippen LogP contribution in [0.4, 0.5) is 19.0 Å². The van der Waals surface area contributed by atoms with E-state index in [2.05, 4.69) is 24.8 Å². The van der Waals surface area contributed by atoms with Gasteiger partial charge in [0.25, 0.3) is 0 Å². The van der Waals surface area contributed by atoms with Crippen LogP contribution in [-0.4, -0.2) is 58.0 Å². The molecule has 0 amide bonds. The van der Waals surface area contributed by atoms with E-state index in [1.165, 1.54) is 30.8 Å². The van der Waals surface area contributed by atoms with Crippen molar-refractivity contribution < 1.29 is 30.0 Å². The van der Waals surface area contributed by atoms with Crippen LogP contribution in [-0.2, 0) is 33.1 Å². The topological polar surface area (TPSA) is 141 Å². The molecule has 4 rings (SSSR count). The standard InChI is InChI=1S/C17H16F3N7O4S2/c1-4-33(30,31)16-12(14-21-6-5-11(27(14)24-16)25-32(3,28)29)15-23-10-7-9(17(18,19)20)8-22-13(10)26(15)2/h5-8,25H,4H2,1-3H3. The van der Waals surface area contributed by atoms with Crippen molar-refractivity contribution >= 4 is 42.5 Å². The number of hydrogen-bond donors (Lipinski definition) is 1. The monoisotopic (exact) mass is 503 g/mol. The van der Waals surface area contributed by atoms with Gasteiger partial charge in [-0.05, 0) is 12.1 Å². The van der Waals surface area contributed by atoms with Gasteiger partial charge < -0.3 is 4.57 Å². The number of sulfone groups is 1. The van der Waals surface area contributed by atoms with Gasteiger partial charge in [-0.15, -0.1) is 0 Å². The summed E-state index contributed by atoms with van der Waals surface area (Å²) in [7, 11) is -6.28. The maximum atomic E-state index is 13.1. The number of nitrogens with one attached hydrogen (secondary N) is 1. The van der Waals surface area contributed by atoms with Crippen molar-refractivity contribution in [3.8, 4) is 11.4 Å². The number of fused-ring (bicyclic) bond motifs is 2. The first-order valence-electron chi connectivity index (χ1n) is 9.21. The molecule has 33 heavy (non-hydrogen) atoms. The molecule has 0 aromatic carbocycles. The number of aromatic nitrogens is 6. The van der Waals surface area contributed by atoms with Crippen molar-refractivity contribution in [1.29, 1.82) is 0 Å². The number of halogens is 3. The Morgan fingerprint density at radius 2 is 1.82 bits per heavy atom. The Hall–Kier alpha value is -3.27. The van der Waals surface area contributed by atoms with Crippen LogP contribution in [0.1, 0.15) is 12.5 Å². The van der Waals surface area contributed by atoms with Gasteiger partial charge in [0.05, 0.1) is 17.6 Å². The van der Waals surface area contributed by atoms with E-state index in [0.717, 1.165) is 16.8 Å². The molecule has 1 N–H and O–H groups in total. The summed E-state index contributed by atoms with van der Waals surface area (Å²) in [5, 5.41) is 3.62. The highest BCUT2D eigenvalue weighted by Crippen LogP contribution is 2.35. The van der Waals surface area contributed by atoms with Crippen molar-refractivity contribution in [3.63, 3.8) is 0 Å². The molecule has 0 unspecified atom stereocenters. The molecule has 0 bridgehead atoms. The molecule has 0 aliphatic rings. The molecular weight excluding hydrogens is 487 g/mol. The molecular formula is C17H16F3N7O4S2. The smallest absolute Gasteiger partial charge is 0.312 e. The molecule has 0 saturated carbocycles. The molecule has 0 aliphatic carbocycles. The fraction of sp³-hybridized carbons (Fsp3) is 0.294. The Bertz CT molecular complexity index is 1620. The average molecular weight is 503 g/mol. The summed E-state index contributed by atoms with van der Waals surface area (Å²) in [4.78, 5) is 12.2. The van der Waals surface area contributed by atoms with E-state index in [0.29, 0.717) is 6.20 Å². The molecule has 0 fully saturated rings. The summed E-state index contributed by atoms with van der Waals surface area (Å²) >= 11 is 0. The second-order valence-electron chi connectivity index (χ2n) is 7.08. The number of pyridine rings is 1. The van der Waals surface area contributed by atoms with E-state index in [1.807, 2.05) is 0 Å². The molecule has 16 heteroatoms. The molecule has 176 valence electrons. The van der Waals surface area contributed by atoms with Gasteiger partial charge >= 0.3 is 6.18 Å². The van der Waals surface area contributed by atoms with Gasteiger partial charge in [0.1, 0.15) is 22.7 Å². The van der Waals surface area contributed by atoms with E-state index in [-0.39, 0.29) is 39.8 Å².